The van der Waals surface area contributed by atoms with Crippen molar-refractivity contribution in [3.8, 4) is 0 Å². The summed E-state index contributed by atoms with van der Waals surface area (Å²) in [5.74, 6) is -0.307. The van der Waals surface area contributed by atoms with E-state index in [2.05, 4.69) is 4.98 Å². The van der Waals surface area contributed by atoms with Gasteiger partial charge in [0.25, 0.3) is 0 Å². The van der Waals surface area contributed by atoms with E-state index in [4.69, 9.17) is 13.6 Å². The molecule has 9 heavy (non-hydrogen) atoms. The molecule has 0 aliphatic heterocycles. The van der Waals surface area contributed by atoms with Crippen molar-refractivity contribution in [2.45, 2.75) is 0 Å². The number of aromatic nitrogens is 1. The van der Waals surface area contributed by atoms with Crippen LogP contribution in [-0.4, -0.2) is 12.8 Å². The quantitative estimate of drug-likeness (QED) is 0.475. The first-order chi connectivity index (χ1) is 4.20. The van der Waals surface area contributed by atoms with E-state index in [-0.39, 0.29) is 11.4 Å². The maximum absolute atomic E-state index is 12.3. The molecule has 1 aromatic rings. The lowest BCUT2D eigenvalue weighted by atomic mass is 10.0. The molecular formula is C5H4BFN2. The molecule has 44 valence electrons. The minimum absolute atomic E-state index is 0.157. The Morgan fingerprint density at radius 2 is 2.22 bits per heavy atom. The molecule has 0 amide bonds. The molecule has 0 aliphatic carbocycles. The second kappa shape index (κ2) is 2.05. The first kappa shape index (κ1) is 6.07. The Hall–Kier alpha value is -1.06. The lowest BCUT2D eigenvalue weighted by Crippen LogP contribution is -2.14. The number of nitrogens with zero attached hydrogens (tertiary/aromatic N) is 1. The Labute approximate surface area is 53.3 Å². The molecular weight excluding hydrogens is 118 g/mol. The molecule has 1 rings (SSSR count). The first-order valence-electron chi connectivity index (χ1n) is 2.37. The van der Waals surface area contributed by atoms with Crippen molar-refractivity contribution in [1.82, 2.24) is 4.98 Å². The highest BCUT2D eigenvalue weighted by molar-refractivity contribution is 6.30. The normalized spacial score (nSPS) is 9.44. The fourth-order valence-corrected chi connectivity index (χ4v) is 0.474. The third kappa shape index (κ3) is 1.19. The van der Waals surface area contributed by atoms with Gasteiger partial charge in [0.15, 0.2) is 0 Å². The van der Waals surface area contributed by atoms with Gasteiger partial charge >= 0.3 is 0 Å². The minimum atomic E-state index is -0.538. The summed E-state index contributed by atoms with van der Waals surface area (Å²) in [6, 6.07) is 2.53. The summed E-state index contributed by atoms with van der Waals surface area (Å²) in [5, 5.41) is 0. The van der Waals surface area contributed by atoms with Crippen molar-refractivity contribution in [2.75, 3.05) is 5.73 Å². The van der Waals surface area contributed by atoms with Gasteiger partial charge in [-0.2, -0.15) is 0 Å². The second-order valence-electron chi connectivity index (χ2n) is 1.60. The van der Waals surface area contributed by atoms with Crippen LogP contribution < -0.4 is 11.3 Å². The standard InChI is InChI=1S/C5H4BFN2/c6-5-3(7)1-2-4(8)9-5/h1-2H,(H2,8,9). The Kier molecular flexibility index (Phi) is 1.38. The van der Waals surface area contributed by atoms with Gasteiger partial charge in [0.05, 0.1) is 0 Å². The molecule has 0 atom stereocenters. The number of rotatable bonds is 0. The minimum Gasteiger partial charge on any atom is -0.384 e. The summed E-state index contributed by atoms with van der Waals surface area (Å²) >= 11 is 0. The maximum atomic E-state index is 12.3. The molecule has 1 aromatic heterocycles. The van der Waals surface area contributed by atoms with Crippen LogP contribution in [0.3, 0.4) is 0 Å². The highest BCUT2D eigenvalue weighted by Gasteiger charge is 1.94. The van der Waals surface area contributed by atoms with E-state index in [1.54, 1.807) is 0 Å². The van der Waals surface area contributed by atoms with Gasteiger partial charge in [-0.1, -0.05) is 0 Å². The van der Waals surface area contributed by atoms with E-state index in [1.165, 1.54) is 12.1 Å². The zero-order valence-corrected chi connectivity index (χ0v) is 4.63. The van der Waals surface area contributed by atoms with Crippen molar-refractivity contribution < 1.29 is 4.39 Å². The zero-order valence-electron chi connectivity index (χ0n) is 4.63. The van der Waals surface area contributed by atoms with Crippen molar-refractivity contribution >= 4 is 19.3 Å². The number of halogens is 1. The smallest absolute Gasteiger partial charge is 0.146 e. The van der Waals surface area contributed by atoms with Crippen LogP contribution in [0.25, 0.3) is 0 Å². The van der Waals surface area contributed by atoms with Crippen LogP contribution in [0.1, 0.15) is 0 Å². The topological polar surface area (TPSA) is 38.9 Å². The van der Waals surface area contributed by atoms with Gasteiger partial charge in [0, 0.05) is 5.59 Å². The van der Waals surface area contributed by atoms with Crippen LogP contribution >= 0.6 is 0 Å². The Morgan fingerprint density at radius 1 is 1.56 bits per heavy atom. The van der Waals surface area contributed by atoms with Gasteiger partial charge in [-0.15, -0.1) is 0 Å². The average Bonchev–Trinajstić information content (AvgIpc) is 1.80. The van der Waals surface area contributed by atoms with Crippen LogP contribution in [0.2, 0.25) is 0 Å². The first-order valence-corrected chi connectivity index (χ1v) is 2.37. The SMILES string of the molecule is [B]c1nc(N)ccc1F. The summed E-state index contributed by atoms with van der Waals surface area (Å²) in [7, 11) is 5.05. The molecule has 0 bridgehead atoms. The molecule has 4 heteroatoms. The number of hydrogen-bond acceptors (Lipinski definition) is 2. The van der Waals surface area contributed by atoms with E-state index in [0.717, 1.165) is 0 Å². The number of anilines is 1. The van der Waals surface area contributed by atoms with Crippen LogP contribution in [0.15, 0.2) is 12.1 Å². The van der Waals surface area contributed by atoms with E-state index in [9.17, 15) is 4.39 Å². The van der Waals surface area contributed by atoms with Crippen molar-refractivity contribution in [1.29, 1.82) is 0 Å². The molecule has 1 heterocycles. The molecule has 0 saturated carbocycles. The van der Waals surface area contributed by atoms with Crippen molar-refractivity contribution in [2.24, 2.45) is 0 Å². The molecule has 2 N–H and O–H groups in total. The lowest BCUT2D eigenvalue weighted by Gasteiger charge is -1.94. The number of pyridine rings is 1. The van der Waals surface area contributed by atoms with Gasteiger partial charge in [0.1, 0.15) is 19.5 Å². The monoisotopic (exact) mass is 122 g/mol. The van der Waals surface area contributed by atoms with Gasteiger partial charge in [-0.25, -0.2) is 9.37 Å². The molecule has 2 nitrogen and oxygen atoms in total. The number of nitrogens with two attached hydrogens (primary N) is 1. The fraction of sp³-hybridized carbons (Fsp3) is 0. The van der Waals surface area contributed by atoms with Crippen LogP contribution in [0, 0.1) is 5.82 Å². The molecule has 0 aromatic carbocycles. The predicted molar refractivity (Wildman–Crippen MR) is 34.0 cm³/mol. The second-order valence-corrected chi connectivity index (χ2v) is 1.60. The lowest BCUT2D eigenvalue weighted by molar-refractivity contribution is 0.632. The number of nitrogen functional groups attached to an aromatic ring is 1. The maximum Gasteiger partial charge on any atom is 0.146 e. The molecule has 0 spiro atoms. The third-order valence-electron chi connectivity index (χ3n) is 0.895. The highest BCUT2D eigenvalue weighted by atomic mass is 19.1. The van der Waals surface area contributed by atoms with Gasteiger partial charge < -0.3 is 5.73 Å². The Morgan fingerprint density at radius 3 is 2.67 bits per heavy atom. The summed E-state index contributed by atoms with van der Waals surface area (Å²) in [6.07, 6.45) is 0. The van der Waals surface area contributed by atoms with Crippen LogP contribution in [0.4, 0.5) is 10.2 Å². The molecule has 0 unspecified atom stereocenters. The van der Waals surface area contributed by atoms with Gasteiger partial charge in [0.2, 0.25) is 0 Å². The molecule has 0 saturated heterocycles. The Bertz CT molecular complexity index is 226. The van der Waals surface area contributed by atoms with Crippen molar-refractivity contribution in [3.63, 3.8) is 0 Å². The molecule has 0 aliphatic rings. The summed E-state index contributed by atoms with van der Waals surface area (Å²) in [4.78, 5) is 3.45. The number of hydrogen-bond donors (Lipinski definition) is 1. The van der Waals surface area contributed by atoms with Crippen LogP contribution in [0.5, 0.6) is 0 Å². The van der Waals surface area contributed by atoms with Crippen molar-refractivity contribution in [3.05, 3.63) is 17.9 Å². The van der Waals surface area contributed by atoms with Gasteiger partial charge in [-0.05, 0) is 12.1 Å². The van der Waals surface area contributed by atoms with Crippen LogP contribution in [-0.2, 0) is 0 Å². The van der Waals surface area contributed by atoms with E-state index in [1.807, 2.05) is 0 Å². The summed E-state index contributed by atoms with van der Waals surface area (Å²) in [6.45, 7) is 0. The largest absolute Gasteiger partial charge is 0.384 e. The highest BCUT2D eigenvalue weighted by Crippen LogP contribution is 1.94. The fourth-order valence-electron chi connectivity index (χ4n) is 0.474. The van der Waals surface area contributed by atoms with E-state index >= 15 is 0 Å². The summed E-state index contributed by atoms with van der Waals surface area (Å²) in [5.41, 5.74) is 5.01. The average molecular weight is 122 g/mol. The Balaban J connectivity index is 3.17. The van der Waals surface area contributed by atoms with E-state index < -0.39 is 5.82 Å². The third-order valence-corrected chi connectivity index (χ3v) is 0.895. The predicted octanol–water partition coefficient (Wildman–Crippen LogP) is -0.403. The molecule has 0 fully saturated rings. The van der Waals surface area contributed by atoms with Gasteiger partial charge in [-0.3, -0.25) is 0 Å². The van der Waals surface area contributed by atoms with E-state index in [0.29, 0.717) is 0 Å². The zero-order chi connectivity index (χ0) is 6.85. The molecule has 2 radical (unpaired) electrons. The summed E-state index contributed by atoms with van der Waals surface area (Å²) < 4.78 is 12.3.